The Bertz CT molecular complexity index is 948. The molecule has 3 fully saturated rings. The summed E-state index contributed by atoms with van der Waals surface area (Å²) >= 11 is 0. The molecule has 2 aromatic carbocycles. The molecular weight excluding hydrogens is 430 g/mol. The Labute approximate surface area is 173 Å². The molecule has 31 heavy (non-hydrogen) atoms. The van der Waals surface area contributed by atoms with Crippen LogP contribution >= 0.6 is 0 Å². The van der Waals surface area contributed by atoms with Crippen LogP contribution < -0.4 is 4.74 Å². The summed E-state index contributed by atoms with van der Waals surface area (Å²) in [5.74, 6) is -9.21. The minimum atomic E-state index is -4.13. The molecule has 0 atom stereocenters. The zero-order chi connectivity index (χ0) is 22.4. The highest BCUT2D eigenvalue weighted by molar-refractivity contribution is 5.65. The van der Waals surface area contributed by atoms with E-state index in [4.69, 9.17) is 14.2 Å². The summed E-state index contributed by atoms with van der Waals surface area (Å²) in [6.45, 7) is 1.92. The monoisotopic (exact) mass is 448 g/mol. The summed E-state index contributed by atoms with van der Waals surface area (Å²) < 4.78 is 104. The second-order valence-electron chi connectivity index (χ2n) is 7.69. The van der Waals surface area contributed by atoms with Crippen LogP contribution in [0.1, 0.15) is 19.8 Å². The van der Waals surface area contributed by atoms with E-state index in [1.165, 1.54) is 0 Å². The summed E-state index contributed by atoms with van der Waals surface area (Å²) in [5, 5.41) is 0. The molecule has 0 spiro atoms. The smallest absolute Gasteiger partial charge is 0.426 e. The number of hydrogen-bond donors (Lipinski definition) is 0. The largest absolute Gasteiger partial charge is 0.484 e. The first-order chi connectivity index (χ1) is 14.6. The summed E-state index contributed by atoms with van der Waals surface area (Å²) in [7, 11) is 0. The quantitative estimate of drug-likeness (QED) is 0.438. The number of ether oxygens (including phenoxy) is 4. The van der Waals surface area contributed by atoms with Gasteiger partial charge in [-0.1, -0.05) is 13.3 Å². The third kappa shape index (κ3) is 3.77. The van der Waals surface area contributed by atoms with Crippen LogP contribution in [-0.2, 0) is 14.2 Å². The summed E-state index contributed by atoms with van der Waals surface area (Å²) in [6, 6.07) is 3.72. The maximum absolute atomic E-state index is 14.8. The lowest BCUT2D eigenvalue weighted by molar-refractivity contribution is -0.548. The fourth-order valence-corrected chi connectivity index (χ4v) is 3.71. The average molecular weight is 448 g/mol. The Morgan fingerprint density at radius 3 is 2.00 bits per heavy atom. The van der Waals surface area contributed by atoms with Crippen molar-refractivity contribution >= 4 is 0 Å². The lowest BCUT2D eigenvalue weighted by Crippen LogP contribution is -2.68. The molecule has 0 N–H and O–H groups in total. The highest BCUT2D eigenvalue weighted by Crippen LogP contribution is 2.48. The first kappa shape index (κ1) is 21.9. The van der Waals surface area contributed by atoms with Crippen LogP contribution in [0.25, 0.3) is 11.1 Å². The zero-order valence-corrected chi connectivity index (χ0v) is 16.3. The van der Waals surface area contributed by atoms with Crippen LogP contribution in [0.15, 0.2) is 30.3 Å². The number of rotatable bonds is 6. The van der Waals surface area contributed by atoms with E-state index >= 15 is 0 Å². The molecule has 10 heteroatoms. The fraction of sp³-hybridized carbons (Fsp3) is 0.429. The number of benzene rings is 2. The van der Waals surface area contributed by atoms with Gasteiger partial charge in [-0.3, -0.25) is 0 Å². The maximum Gasteiger partial charge on any atom is 0.484 e. The molecule has 0 radical (unpaired) electrons. The van der Waals surface area contributed by atoms with Crippen LogP contribution in [0, 0.1) is 28.7 Å². The minimum absolute atomic E-state index is 0.00517. The highest BCUT2D eigenvalue weighted by atomic mass is 19.3. The van der Waals surface area contributed by atoms with Crippen molar-refractivity contribution in [3.63, 3.8) is 0 Å². The van der Waals surface area contributed by atoms with Crippen molar-refractivity contribution in [2.24, 2.45) is 5.41 Å². The Morgan fingerprint density at radius 1 is 0.903 bits per heavy atom. The molecule has 3 heterocycles. The number of hydrogen-bond acceptors (Lipinski definition) is 4. The van der Waals surface area contributed by atoms with E-state index in [1.807, 2.05) is 6.92 Å². The van der Waals surface area contributed by atoms with Gasteiger partial charge < -0.3 is 18.9 Å². The van der Waals surface area contributed by atoms with Gasteiger partial charge in [-0.25, -0.2) is 17.6 Å². The van der Waals surface area contributed by atoms with Crippen LogP contribution in [0.3, 0.4) is 0 Å². The molecule has 168 valence electrons. The van der Waals surface area contributed by atoms with Crippen LogP contribution in [-0.4, -0.2) is 31.9 Å². The van der Waals surface area contributed by atoms with E-state index in [-0.39, 0.29) is 30.9 Å². The van der Waals surface area contributed by atoms with E-state index in [0.717, 1.165) is 18.6 Å². The Kier molecular flexibility index (Phi) is 5.43. The van der Waals surface area contributed by atoms with Crippen molar-refractivity contribution in [2.75, 3.05) is 19.8 Å². The third-order valence-electron chi connectivity index (χ3n) is 5.32. The Hall–Kier alpha value is -2.30. The van der Waals surface area contributed by atoms with Gasteiger partial charge in [-0.2, -0.15) is 8.78 Å². The molecular formula is C21H18F6O4. The second kappa shape index (κ2) is 7.68. The van der Waals surface area contributed by atoms with Crippen molar-refractivity contribution in [1.82, 2.24) is 0 Å². The lowest BCUT2D eigenvalue weighted by atomic mass is 9.84. The molecule has 0 amide bonds. The van der Waals surface area contributed by atoms with Gasteiger partial charge in [0.1, 0.15) is 11.6 Å². The number of fused-ring (bicyclic) bond motifs is 3. The van der Waals surface area contributed by atoms with E-state index in [9.17, 15) is 26.3 Å². The van der Waals surface area contributed by atoms with Crippen molar-refractivity contribution in [2.45, 2.75) is 31.8 Å². The summed E-state index contributed by atoms with van der Waals surface area (Å²) in [4.78, 5) is 0. The topological polar surface area (TPSA) is 36.9 Å². The van der Waals surface area contributed by atoms with Crippen molar-refractivity contribution < 1.29 is 45.3 Å². The molecule has 2 bridgehead atoms. The molecule has 0 saturated carbocycles. The van der Waals surface area contributed by atoms with Gasteiger partial charge in [-0.15, -0.1) is 0 Å². The predicted molar refractivity (Wildman–Crippen MR) is 95.2 cm³/mol. The van der Waals surface area contributed by atoms with E-state index < -0.39 is 46.5 Å². The average Bonchev–Trinajstić information content (AvgIpc) is 2.73. The minimum Gasteiger partial charge on any atom is -0.426 e. The van der Waals surface area contributed by atoms with Crippen molar-refractivity contribution in [1.29, 1.82) is 0 Å². The Morgan fingerprint density at radius 2 is 1.48 bits per heavy atom. The number of alkyl halides is 2. The standard InChI is InChI=1S/C21H18F6O4/c1-2-5-19-9-28-21(29-10-19,30-11-19)20(26,27)31-13-3-4-14(15(22)8-13)12-6-16(23)18(25)17(24)7-12/h3-4,6-8H,2,5,9-11H2,1H3. The second-order valence-corrected chi connectivity index (χ2v) is 7.69. The van der Waals surface area contributed by atoms with Crippen LogP contribution in [0.5, 0.6) is 5.75 Å². The van der Waals surface area contributed by atoms with Crippen molar-refractivity contribution in [3.05, 3.63) is 53.6 Å². The highest BCUT2D eigenvalue weighted by Gasteiger charge is 2.68. The van der Waals surface area contributed by atoms with E-state index in [0.29, 0.717) is 24.6 Å². The fourth-order valence-electron chi connectivity index (χ4n) is 3.71. The molecule has 0 aromatic heterocycles. The van der Waals surface area contributed by atoms with Gasteiger partial charge in [0.25, 0.3) is 0 Å². The molecule has 4 nitrogen and oxygen atoms in total. The van der Waals surface area contributed by atoms with Gasteiger partial charge in [0.2, 0.25) is 0 Å². The zero-order valence-electron chi connectivity index (χ0n) is 16.3. The molecule has 3 saturated heterocycles. The number of halogens is 6. The molecule has 5 rings (SSSR count). The molecule has 0 aliphatic carbocycles. The molecule has 3 aliphatic rings. The lowest BCUT2D eigenvalue weighted by Gasteiger charge is -2.52. The predicted octanol–water partition coefficient (Wildman–Crippen LogP) is 5.40. The normalized spacial score (nSPS) is 25.6. The first-order valence-electron chi connectivity index (χ1n) is 9.53. The van der Waals surface area contributed by atoms with Gasteiger partial charge in [0.15, 0.2) is 17.5 Å². The van der Waals surface area contributed by atoms with Crippen LogP contribution in [0.4, 0.5) is 26.3 Å². The first-order valence-corrected chi connectivity index (χ1v) is 9.53. The van der Waals surface area contributed by atoms with Gasteiger partial charge in [0, 0.05) is 17.0 Å². The van der Waals surface area contributed by atoms with E-state index in [1.54, 1.807) is 0 Å². The van der Waals surface area contributed by atoms with Crippen LogP contribution in [0.2, 0.25) is 0 Å². The molecule has 2 aromatic rings. The SMILES string of the molecule is CCCC12COC(C(F)(F)Oc3ccc(-c4cc(F)c(F)c(F)c4)c(F)c3)(OC1)OC2. The Balaban J connectivity index is 1.54. The third-order valence-corrected chi connectivity index (χ3v) is 5.32. The molecule has 3 aliphatic heterocycles. The maximum atomic E-state index is 14.8. The van der Waals surface area contributed by atoms with Crippen molar-refractivity contribution in [3.8, 4) is 16.9 Å². The van der Waals surface area contributed by atoms with E-state index in [2.05, 4.69) is 4.74 Å². The van der Waals surface area contributed by atoms with Gasteiger partial charge in [-0.05, 0) is 36.2 Å². The molecule has 0 unspecified atom stereocenters. The summed E-state index contributed by atoms with van der Waals surface area (Å²) in [6.07, 6.45) is -2.66. The summed E-state index contributed by atoms with van der Waals surface area (Å²) in [5.41, 5.74) is -1.15. The van der Waals surface area contributed by atoms with Gasteiger partial charge in [0.05, 0.1) is 19.8 Å². The van der Waals surface area contributed by atoms with Gasteiger partial charge >= 0.3 is 12.1 Å².